The van der Waals surface area contributed by atoms with Gasteiger partial charge in [-0.3, -0.25) is 9.59 Å². The minimum atomic E-state index is -0.616. The molecule has 6 heteroatoms. The Balaban J connectivity index is 1.70. The first-order chi connectivity index (χ1) is 14.9. The molecule has 0 radical (unpaired) electrons. The predicted molar refractivity (Wildman–Crippen MR) is 123 cm³/mol. The van der Waals surface area contributed by atoms with Gasteiger partial charge in [-0.1, -0.05) is 55.1 Å². The van der Waals surface area contributed by atoms with Crippen molar-refractivity contribution < 1.29 is 14.3 Å². The lowest BCUT2D eigenvalue weighted by Gasteiger charge is -2.31. The highest BCUT2D eigenvalue weighted by molar-refractivity contribution is 6.30. The van der Waals surface area contributed by atoms with Crippen molar-refractivity contribution in [2.24, 2.45) is 0 Å². The van der Waals surface area contributed by atoms with E-state index in [1.54, 1.807) is 17.9 Å². The van der Waals surface area contributed by atoms with Gasteiger partial charge in [0.15, 0.2) is 6.61 Å². The molecular weight excluding hydrogens is 412 g/mol. The SMILES string of the molecule is Cc1cccc(OCC(=O)N(Cc2cccc(Cl)c2)[C@@H](C)C(=O)NC2CCCCC2)c1. The van der Waals surface area contributed by atoms with E-state index in [-0.39, 0.29) is 31.0 Å². The van der Waals surface area contributed by atoms with Gasteiger partial charge in [0.25, 0.3) is 5.91 Å². The van der Waals surface area contributed by atoms with Gasteiger partial charge in [0.2, 0.25) is 5.91 Å². The quantitative estimate of drug-likeness (QED) is 0.633. The molecule has 0 saturated heterocycles. The summed E-state index contributed by atoms with van der Waals surface area (Å²) in [5, 5.41) is 3.73. The fourth-order valence-corrected chi connectivity index (χ4v) is 4.13. The second kappa shape index (κ2) is 11.2. The van der Waals surface area contributed by atoms with E-state index < -0.39 is 6.04 Å². The molecule has 0 unspecified atom stereocenters. The zero-order chi connectivity index (χ0) is 22.2. The number of nitrogens with zero attached hydrogens (tertiary/aromatic N) is 1. The molecule has 166 valence electrons. The lowest BCUT2D eigenvalue weighted by molar-refractivity contribution is -0.142. The number of amides is 2. The molecule has 1 atom stereocenters. The van der Waals surface area contributed by atoms with Crippen LogP contribution in [-0.4, -0.2) is 35.4 Å². The maximum absolute atomic E-state index is 13.1. The Hall–Kier alpha value is -2.53. The molecule has 0 aliphatic heterocycles. The van der Waals surface area contributed by atoms with Crippen LogP contribution in [0.2, 0.25) is 5.02 Å². The van der Waals surface area contributed by atoms with Gasteiger partial charge in [0.1, 0.15) is 11.8 Å². The van der Waals surface area contributed by atoms with E-state index in [0.29, 0.717) is 10.8 Å². The number of carbonyl (C=O) groups excluding carboxylic acids is 2. The maximum Gasteiger partial charge on any atom is 0.261 e. The van der Waals surface area contributed by atoms with Gasteiger partial charge >= 0.3 is 0 Å². The van der Waals surface area contributed by atoms with Crippen LogP contribution in [-0.2, 0) is 16.1 Å². The first-order valence-corrected chi connectivity index (χ1v) is 11.3. The minimum absolute atomic E-state index is 0.127. The van der Waals surface area contributed by atoms with Crippen molar-refractivity contribution in [3.05, 3.63) is 64.7 Å². The van der Waals surface area contributed by atoms with Crippen molar-refractivity contribution in [1.82, 2.24) is 10.2 Å². The summed E-state index contributed by atoms with van der Waals surface area (Å²) in [4.78, 5) is 27.6. The van der Waals surface area contributed by atoms with E-state index in [2.05, 4.69) is 5.32 Å². The molecule has 1 aliphatic carbocycles. The fourth-order valence-electron chi connectivity index (χ4n) is 3.92. The monoisotopic (exact) mass is 442 g/mol. The molecular formula is C25H31ClN2O3. The third kappa shape index (κ3) is 7.00. The average Bonchev–Trinajstić information content (AvgIpc) is 2.76. The number of ether oxygens (including phenoxy) is 1. The van der Waals surface area contributed by atoms with E-state index in [0.717, 1.165) is 36.8 Å². The highest BCUT2D eigenvalue weighted by Gasteiger charge is 2.28. The molecule has 2 amide bonds. The molecule has 0 heterocycles. The molecule has 1 N–H and O–H groups in total. The van der Waals surface area contributed by atoms with Gasteiger partial charge in [-0.05, 0) is 62.1 Å². The smallest absolute Gasteiger partial charge is 0.261 e. The fraction of sp³-hybridized carbons (Fsp3) is 0.440. The Morgan fingerprint density at radius 3 is 2.58 bits per heavy atom. The Morgan fingerprint density at radius 2 is 1.87 bits per heavy atom. The van der Waals surface area contributed by atoms with E-state index in [9.17, 15) is 9.59 Å². The van der Waals surface area contributed by atoms with Gasteiger partial charge in [0, 0.05) is 17.6 Å². The molecule has 31 heavy (non-hydrogen) atoms. The Morgan fingerprint density at radius 1 is 1.13 bits per heavy atom. The predicted octanol–water partition coefficient (Wildman–Crippen LogP) is 4.89. The van der Waals surface area contributed by atoms with Crippen LogP contribution < -0.4 is 10.1 Å². The van der Waals surface area contributed by atoms with Gasteiger partial charge in [0.05, 0.1) is 0 Å². The second-order valence-electron chi connectivity index (χ2n) is 8.28. The summed E-state index contributed by atoms with van der Waals surface area (Å²) < 4.78 is 5.72. The zero-order valence-electron chi connectivity index (χ0n) is 18.3. The van der Waals surface area contributed by atoms with Crippen molar-refractivity contribution in [2.75, 3.05) is 6.61 Å². The Kier molecular flexibility index (Phi) is 8.35. The van der Waals surface area contributed by atoms with Crippen molar-refractivity contribution in [3.63, 3.8) is 0 Å². The average molecular weight is 443 g/mol. The molecule has 0 aromatic heterocycles. The molecule has 3 rings (SSSR count). The zero-order valence-corrected chi connectivity index (χ0v) is 19.0. The van der Waals surface area contributed by atoms with Gasteiger partial charge in [-0.25, -0.2) is 0 Å². The van der Waals surface area contributed by atoms with Crippen molar-refractivity contribution in [2.45, 2.75) is 64.6 Å². The molecule has 2 aromatic carbocycles. The largest absolute Gasteiger partial charge is 0.484 e. The lowest BCUT2D eigenvalue weighted by atomic mass is 9.95. The molecule has 1 fully saturated rings. The van der Waals surface area contributed by atoms with Crippen molar-refractivity contribution in [1.29, 1.82) is 0 Å². The van der Waals surface area contributed by atoms with Crippen molar-refractivity contribution in [3.8, 4) is 5.75 Å². The maximum atomic E-state index is 13.1. The minimum Gasteiger partial charge on any atom is -0.484 e. The molecule has 1 aliphatic rings. The van der Waals surface area contributed by atoms with E-state index in [4.69, 9.17) is 16.3 Å². The standard InChI is InChI=1S/C25H31ClN2O3/c1-18-8-6-13-23(14-18)31-17-24(29)28(16-20-9-7-10-21(26)15-20)19(2)25(30)27-22-11-4-3-5-12-22/h6-10,13-15,19,22H,3-5,11-12,16-17H2,1-2H3,(H,27,30)/t19-/m0/s1. The number of aryl methyl sites for hydroxylation is 1. The lowest BCUT2D eigenvalue weighted by Crippen LogP contribution is -2.51. The summed E-state index contributed by atoms with van der Waals surface area (Å²) in [6.45, 7) is 3.89. The van der Waals surface area contributed by atoms with Crippen molar-refractivity contribution >= 4 is 23.4 Å². The number of nitrogens with one attached hydrogen (secondary N) is 1. The molecule has 1 saturated carbocycles. The number of halogens is 1. The summed E-state index contributed by atoms with van der Waals surface area (Å²) in [7, 11) is 0. The van der Waals surface area contributed by atoms with Gasteiger partial charge in [-0.15, -0.1) is 0 Å². The van der Waals surface area contributed by atoms with Gasteiger partial charge in [-0.2, -0.15) is 0 Å². The third-order valence-electron chi connectivity index (χ3n) is 5.71. The number of hydrogen-bond acceptors (Lipinski definition) is 3. The first-order valence-electron chi connectivity index (χ1n) is 11.0. The van der Waals surface area contributed by atoms with Gasteiger partial charge < -0.3 is 15.0 Å². The summed E-state index contributed by atoms with van der Waals surface area (Å²) in [5.74, 6) is 0.265. The Labute approximate surface area is 189 Å². The highest BCUT2D eigenvalue weighted by Crippen LogP contribution is 2.19. The van der Waals surface area contributed by atoms with Crippen LogP contribution in [0.15, 0.2) is 48.5 Å². The number of hydrogen-bond donors (Lipinski definition) is 1. The third-order valence-corrected chi connectivity index (χ3v) is 5.95. The summed E-state index contributed by atoms with van der Waals surface area (Å²) in [6.07, 6.45) is 5.48. The van der Waals surface area contributed by atoms with E-state index in [1.807, 2.05) is 49.4 Å². The van der Waals surface area contributed by atoms with Crippen LogP contribution >= 0.6 is 11.6 Å². The normalized spacial score (nSPS) is 15.2. The van der Waals surface area contributed by atoms with Crippen LogP contribution in [0.1, 0.15) is 50.2 Å². The highest BCUT2D eigenvalue weighted by atomic mass is 35.5. The van der Waals surface area contributed by atoms with E-state index in [1.165, 1.54) is 6.42 Å². The Bertz CT molecular complexity index is 896. The summed E-state index contributed by atoms with van der Waals surface area (Å²) in [5.41, 5.74) is 1.93. The number of carbonyl (C=O) groups is 2. The number of rotatable bonds is 8. The topological polar surface area (TPSA) is 58.6 Å². The molecule has 0 spiro atoms. The number of benzene rings is 2. The van der Waals surface area contributed by atoms with Crippen LogP contribution in [0.4, 0.5) is 0 Å². The van der Waals surface area contributed by atoms with Crippen LogP contribution in [0.25, 0.3) is 0 Å². The molecule has 5 nitrogen and oxygen atoms in total. The van der Waals surface area contributed by atoms with E-state index >= 15 is 0 Å². The van der Waals surface area contributed by atoms with Crippen LogP contribution in [0, 0.1) is 6.92 Å². The van der Waals surface area contributed by atoms with Crippen LogP contribution in [0.5, 0.6) is 5.75 Å². The molecule has 2 aromatic rings. The summed E-state index contributed by atoms with van der Waals surface area (Å²) >= 11 is 6.13. The summed E-state index contributed by atoms with van der Waals surface area (Å²) in [6, 6.07) is 14.5. The second-order valence-corrected chi connectivity index (χ2v) is 8.71. The molecule has 0 bridgehead atoms. The van der Waals surface area contributed by atoms with Crippen LogP contribution in [0.3, 0.4) is 0 Å². The first kappa shape index (κ1) is 23.1.